The third kappa shape index (κ3) is 2.62. The highest BCUT2D eigenvalue weighted by Gasteiger charge is 2.35. The van der Waals surface area contributed by atoms with Crippen LogP contribution in [0.3, 0.4) is 0 Å². The Labute approximate surface area is 129 Å². The van der Waals surface area contributed by atoms with Gasteiger partial charge in [-0.3, -0.25) is 4.79 Å². The van der Waals surface area contributed by atoms with Gasteiger partial charge >= 0.3 is 0 Å². The second-order valence-corrected chi connectivity index (χ2v) is 6.77. The van der Waals surface area contributed by atoms with Gasteiger partial charge in [-0.25, -0.2) is 4.98 Å². The fourth-order valence-corrected chi connectivity index (χ4v) is 3.38. The van der Waals surface area contributed by atoms with Crippen LogP contribution in [0.4, 0.5) is 0 Å². The summed E-state index contributed by atoms with van der Waals surface area (Å²) in [5.74, 6) is -0.0599. The number of nitrogens with zero attached hydrogens (tertiary/aromatic N) is 1. The highest BCUT2D eigenvalue weighted by Crippen LogP contribution is 2.37. The van der Waals surface area contributed by atoms with Crippen LogP contribution in [0.5, 0.6) is 0 Å². The van der Waals surface area contributed by atoms with E-state index in [2.05, 4.69) is 24.1 Å². The van der Waals surface area contributed by atoms with Crippen LogP contribution in [-0.4, -0.2) is 16.9 Å². The second-order valence-electron chi connectivity index (χ2n) is 6.42. The zero-order valence-corrected chi connectivity index (χ0v) is 13.1. The quantitative estimate of drug-likeness (QED) is 0.845. The van der Waals surface area contributed by atoms with Crippen LogP contribution in [0.1, 0.15) is 43.5 Å². The summed E-state index contributed by atoms with van der Waals surface area (Å²) in [5.41, 5.74) is 0.753. The Kier molecular flexibility index (Phi) is 3.62. The highest BCUT2D eigenvalue weighted by molar-refractivity contribution is 6.34. The third-order valence-electron chi connectivity index (χ3n) is 4.55. The number of benzene rings is 1. The summed E-state index contributed by atoms with van der Waals surface area (Å²) in [5, 5.41) is 5.28. The summed E-state index contributed by atoms with van der Waals surface area (Å²) >= 11 is 6.11. The standard InChI is InChI=1S/C17H19ClN2O/c1-17(2)9-5-8-14(17)20-16(21)13-10-19-15(18)12-7-4-3-6-11(12)13/h3-4,6-7,10,14H,5,8-9H2,1-2H3,(H,20,21). The molecule has 3 nitrogen and oxygen atoms in total. The predicted molar refractivity (Wildman–Crippen MR) is 85.6 cm³/mol. The van der Waals surface area contributed by atoms with Gasteiger partial charge in [-0.15, -0.1) is 0 Å². The maximum Gasteiger partial charge on any atom is 0.253 e. The summed E-state index contributed by atoms with van der Waals surface area (Å²) in [7, 11) is 0. The molecule has 1 unspecified atom stereocenters. The molecule has 4 heteroatoms. The largest absolute Gasteiger partial charge is 0.349 e. The zero-order valence-electron chi connectivity index (χ0n) is 12.3. The molecular weight excluding hydrogens is 284 g/mol. The fraction of sp³-hybridized carbons (Fsp3) is 0.412. The molecule has 21 heavy (non-hydrogen) atoms. The second kappa shape index (κ2) is 5.30. The third-order valence-corrected chi connectivity index (χ3v) is 4.85. The molecule has 0 aliphatic heterocycles. The lowest BCUT2D eigenvalue weighted by Gasteiger charge is -2.28. The van der Waals surface area contributed by atoms with Gasteiger partial charge in [0.05, 0.1) is 5.56 Å². The Morgan fingerprint density at radius 3 is 2.71 bits per heavy atom. The maximum absolute atomic E-state index is 12.6. The number of amides is 1. The van der Waals surface area contributed by atoms with Gasteiger partial charge in [-0.2, -0.15) is 0 Å². The van der Waals surface area contributed by atoms with Gasteiger partial charge in [-0.1, -0.05) is 56.1 Å². The van der Waals surface area contributed by atoms with Crippen LogP contribution in [0.25, 0.3) is 10.8 Å². The maximum atomic E-state index is 12.6. The van der Waals surface area contributed by atoms with E-state index in [1.54, 1.807) is 6.20 Å². The first-order valence-electron chi connectivity index (χ1n) is 7.33. The molecule has 1 fully saturated rings. The van der Waals surface area contributed by atoms with Crippen LogP contribution in [-0.2, 0) is 0 Å². The summed E-state index contributed by atoms with van der Waals surface area (Å²) in [6, 6.07) is 7.84. The number of hydrogen-bond donors (Lipinski definition) is 1. The lowest BCUT2D eigenvalue weighted by atomic mass is 9.87. The van der Waals surface area contributed by atoms with Crippen molar-refractivity contribution in [2.24, 2.45) is 5.41 Å². The van der Waals surface area contributed by atoms with E-state index in [4.69, 9.17) is 11.6 Å². The minimum absolute atomic E-state index is 0.0599. The molecule has 1 aliphatic rings. The fourth-order valence-electron chi connectivity index (χ4n) is 3.17. The van der Waals surface area contributed by atoms with E-state index < -0.39 is 0 Å². The highest BCUT2D eigenvalue weighted by atomic mass is 35.5. The lowest BCUT2D eigenvalue weighted by Crippen LogP contribution is -2.41. The van der Waals surface area contributed by atoms with Crippen molar-refractivity contribution >= 4 is 28.3 Å². The molecule has 1 aromatic heterocycles. The molecule has 0 radical (unpaired) electrons. The van der Waals surface area contributed by atoms with E-state index in [0.29, 0.717) is 10.7 Å². The van der Waals surface area contributed by atoms with E-state index in [1.807, 2.05) is 24.3 Å². The first kappa shape index (κ1) is 14.3. The molecule has 1 aliphatic carbocycles. The van der Waals surface area contributed by atoms with E-state index in [1.165, 1.54) is 0 Å². The van der Waals surface area contributed by atoms with Crippen molar-refractivity contribution < 1.29 is 4.79 Å². The van der Waals surface area contributed by atoms with E-state index in [-0.39, 0.29) is 17.4 Å². The van der Waals surface area contributed by atoms with Crippen molar-refractivity contribution in [3.8, 4) is 0 Å². The van der Waals surface area contributed by atoms with Gasteiger partial charge in [0.2, 0.25) is 0 Å². The minimum Gasteiger partial charge on any atom is -0.349 e. The molecule has 1 saturated carbocycles. The molecule has 110 valence electrons. The molecule has 1 heterocycles. The number of rotatable bonds is 2. The van der Waals surface area contributed by atoms with Crippen LogP contribution in [0.15, 0.2) is 30.5 Å². The Morgan fingerprint density at radius 2 is 2.05 bits per heavy atom. The van der Waals surface area contributed by atoms with Gasteiger partial charge < -0.3 is 5.32 Å². The molecule has 1 atom stereocenters. The van der Waals surface area contributed by atoms with Crippen molar-refractivity contribution in [2.75, 3.05) is 0 Å². The van der Waals surface area contributed by atoms with Crippen molar-refractivity contribution in [1.82, 2.24) is 10.3 Å². The number of pyridine rings is 1. The Balaban J connectivity index is 1.94. The number of fused-ring (bicyclic) bond motifs is 1. The first-order chi connectivity index (χ1) is 9.99. The molecule has 0 spiro atoms. The van der Waals surface area contributed by atoms with Crippen LogP contribution >= 0.6 is 11.6 Å². The Morgan fingerprint density at radius 1 is 1.33 bits per heavy atom. The van der Waals surface area contributed by atoms with E-state index >= 15 is 0 Å². The smallest absolute Gasteiger partial charge is 0.253 e. The van der Waals surface area contributed by atoms with Crippen LogP contribution in [0, 0.1) is 5.41 Å². The molecule has 1 N–H and O–H groups in total. The Bertz CT molecular complexity index is 696. The zero-order chi connectivity index (χ0) is 15.0. The van der Waals surface area contributed by atoms with Gasteiger partial charge in [0, 0.05) is 17.6 Å². The summed E-state index contributed by atoms with van der Waals surface area (Å²) in [4.78, 5) is 16.8. The van der Waals surface area contributed by atoms with Gasteiger partial charge in [0.25, 0.3) is 5.91 Å². The summed E-state index contributed by atoms with van der Waals surface area (Å²) in [6.45, 7) is 4.42. The molecule has 1 aromatic carbocycles. The number of carbonyl (C=O) groups is 1. The molecule has 3 rings (SSSR count). The normalized spacial score (nSPS) is 20.6. The van der Waals surface area contributed by atoms with Crippen molar-refractivity contribution in [3.63, 3.8) is 0 Å². The molecule has 0 saturated heterocycles. The summed E-state index contributed by atoms with van der Waals surface area (Å²) in [6.07, 6.45) is 4.93. The monoisotopic (exact) mass is 302 g/mol. The first-order valence-corrected chi connectivity index (χ1v) is 7.71. The van der Waals surface area contributed by atoms with Crippen molar-refractivity contribution in [2.45, 2.75) is 39.2 Å². The molecule has 0 bridgehead atoms. The number of aromatic nitrogens is 1. The topological polar surface area (TPSA) is 42.0 Å². The summed E-state index contributed by atoms with van der Waals surface area (Å²) < 4.78 is 0. The molecule has 1 amide bonds. The number of nitrogens with one attached hydrogen (secondary N) is 1. The van der Waals surface area contributed by atoms with Gasteiger partial charge in [0.15, 0.2) is 0 Å². The average Bonchev–Trinajstić information content (AvgIpc) is 2.78. The molecular formula is C17H19ClN2O. The van der Waals surface area contributed by atoms with E-state index in [0.717, 1.165) is 30.0 Å². The average molecular weight is 303 g/mol. The predicted octanol–water partition coefficient (Wildman–Crippen LogP) is 4.20. The van der Waals surface area contributed by atoms with E-state index in [9.17, 15) is 4.79 Å². The molecule has 2 aromatic rings. The number of halogens is 1. The SMILES string of the molecule is CC1(C)CCCC1NC(=O)c1cnc(Cl)c2ccccc12. The van der Waals surface area contributed by atoms with Crippen LogP contribution < -0.4 is 5.32 Å². The Hall–Kier alpha value is -1.61. The lowest BCUT2D eigenvalue weighted by molar-refractivity contribution is 0.0911. The van der Waals surface area contributed by atoms with Crippen molar-refractivity contribution in [1.29, 1.82) is 0 Å². The number of hydrogen-bond acceptors (Lipinski definition) is 2. The number of carbonyl (C=O) groups excluding carboxylic acids is 1. The van der Waals surface area contributed by atoms with Crippen molar-refractivity contribution in [3.05, 3.63) is 41.2 Å². The minimum atomic E-state index is -0.0599. The van der Waals surface area contributed by atoms with Crippen LogP contribution in [0.2, 0.25) is 5.15 Å². The van der Waals surface area contributed by atoms with Gasteiger partial charge in [0.1, 0.15) is 5.15 Å². The van der Waals surface area contributed by atoms with Gasteiger partial charge in [-0.05, 0) is 23.6 Å².